The van der Waals surface area contributed by atoms with Gasteiger partial charge in [-0.2, -0.15) is 0 Å². The van der Waals surface area contributed by atoms with Gasteiger partial charge in [-0.3, -0.25) is 0 Å². The lowest BCUT2D eigenvalue weighted by Crippen LogP contribution is -2.08. The minimum Gasteiger partial charge on any atom is -0.491 e. The van der Waals surface area contributed by atoms with E-state index in [1.165, 1.54) is 11.1 Å². The number of aryl methyl sites for hydroxylation is 1. The zero-order chi connectivity index (χ0) is 14.7. The summed E-state index contributed by atoms with van der Waals surface area (Å²) in [7, 11) is 0. The first-order chi connectivity index (χ1) is 9.45. The van der Waals surface area contributed by atoms with Gasteiger partial charge in [0, 0.05) is 11.7 Å². The summed E-state index contributed by atoms with van der Waals surface area (Å²) >= 11 is 7.54. The van der Waals surface area contributed by atoms with Gasteiger partial charge in [0.2, 0.25) is 0 Å². The molecule has 1 heterocycles. The van der Waals surface area contributed by atoms with Gasteiger partial charge in [0.15, 0.2) is 0 Å². The van der Waals surface area contributed by atoms with E-state index in [1.807, 2.05) is 26.0 Å². The van der Waals surface area contributed by atoms with Crippen molar-refractivity contribution in [3.8, 4) is 5.75 Å². The van der Waals surface area contributed by atoms with Crippen LogP contribution in [0.1, 0.15) is 37.9 Å². The van der Waals surface area contributed by atoms with Crippen LogP contribution in [0.2, 0.25) is 4.34 Å². The summed E-state index contributed by atoms with van der Waals surface area (Å²) in [6, 6.07) is 8.37. The third-order valence-corrected chi connectivity index (χ3v) is 4.14. The van der Waals surface area contributed by atoms with Crippen LogP contribution in [0.5, 0.6) is 5.75 Å². The van der Waals surface area contributed by atoms with Crippen molar-refractivity contribution in [2.45, 2.75) is 39.8 Å². The van der Waals surface area contributed by atoms with Crippen LogP contribution in [-0.4, -0.2) is 6.10 Å². The molecule has 1 aromatic heterocycles. The summed E-state index contributed by atoms with van der Waals surface area (Å²) in [5.74, 6) is 0.911. The van der Waals surface area contributed by atoms with E-state index < -0.39 is 0 Å². The molecule has 2 nitrogen and oxygen atoms in total. The lowest BCUT2D eigenvalue weighted by molar-refractivity contribution is 0.242. The third kappa shape index (κ3) is 3.90. The lowest BCUT2D eigenvalue weighted by Gasteiger charge is -2.17. The Hall–Kier alpha value is -1.19. The average molecular weight is 310 g/mol. The first-order valence-corrected chi connectivity index (χ1v) is 7.99. The quantitative estimate of drug-likeness (QED) is 0.768. The molecule has 0 radical (unpaired) electrons. The van der Waals surface area contributed by atoms with Gasteiger partial charge < -0.3 is 10.1 Å². The molecule has 0 aliphatic carbocycles. The van der Waals surface area contributed by atoms with Crippen LogP contribution >= 0.6 is 22.9 Å². The maximum absolute atomic E-state index is 5.98. The predicted octanol–water partition coefficient (Wildman–Crippen LogP) is 5.67. The highest BCUT2D eigenvalue weighted by Gasteiger charge is 2.09. The highest BCUT2D eigenvalue weighted by Crippen LogP contribution is 2.29. The summed E-state index contributed by atoms with van der Waals surface area (Å²) in [6.45, 7) is 8.28. The SMILES string of the molecule is Cc1cc(OC(C)C)ccc1NC(C)c1csc(Cl)c1. The van der Waals surface area contributed by atoms with Gasteiger partial charge in [-0.1, -0.05) is 11.6 Å². The van der Waals surface area contributed by atoms with Gasteiger partial charge in [-0.15, -0.1) is 11.3 Å². The maximum atomic E-state index is 5.98. The van der Waals surface area contributed by atoms with Crippen molar-refractivity contribution in [2.75, 3.05) is 5.32 Å². The summed E-state index contributed by atoms with van der Waals surface area (Å²) < 4.78 is 6.52. The number of anilines is 1. The van der Waals surface area contributed by atoms with Gasteiger partial charge in [-0.05, 0) is 68.5 Å². The molecular weight excluding hydrogens is 290 g/mol. The molecular formula is C16H20ClNOS. The molecule has 0 aliphatic heterocycles. The van der Waals surface area contributed by atoms with E-state index in [9.17, 15) is 0 Å². The first-order valence-electron chi connectivity index (χ1n) is 6.73. The van der Waals surface area contributed by atoms with Crippen LogP contribution in [0.25, 0.3) is 0 Å². The molecule has 2 rings (SSSR count). The molecule has 0 spiro atoms. The molecule has 0 fully saturated rings. The highest BCUT2D eigenvalue weighted by atomic mass is 35.5. The van der Waals surface area contributed by atoms with E-state index in [4.69, 9.17) is 16.3 Å². The van der Waals surface area contributed by atoms with Crippen molar-refractivity contribution in [3.05, 3.63) is 45.1 Å². The third-order valence-electron chi connectivity index (χ3n) is 3.03. The van der Waals surface area contributed by atoms with Crippen LogP contribution in [0, 0.1) is 6.92 Å². The second-order valence-corrected chi connectivity index (χ2v) is 6.74. The van der Waals surface area contributed by atoms with E-state index >= 15 is 0 Å². The summed E-state index contributed by atoms with van der Waals surface area (Å²) in [6.07, 6.45) is 0.195. The Labute approximate surface area is 129 Å². The summed E-state index contributed by atoms with van der Waals surface area (Å²) in [4.78, 5) is 0. The zero-order valence-electron chi connectivity index (χ0n) is 12.2. The van der Waals surface area contributed by atoms with Gasteiger partial charge in [0.25, 0.3) is 0 Å². The number of nitrogens with one attached hydrogen (secondary N) is 1. The number of ether oxygens (including phenoxy) is 1. The Bertz CT molecular complexity index is 580. The molecule has 108 valence electrons. The van der Waals surface area contributed by atoms with Crippen LogP contribution < -0.4 is 10.1 Å². The summed E-state index contributed by atoms with van der Waals surface area (Å²) in [5.41, 5.74) is 3.51. The number of hydrogen-bond acceptors (Lipinski definition) is 3. The molecule has 4 heteroatoms. The fourth-order valence-electron chi connectivity index (χ4n) is 2.01. The standard InChI is InChI=1S/C16H20ClNOS/c1-10(2)19-14-5-6-15(11(3)7-14)18-12(4)13-8-16(17)20-9-13/h5-10,12,18H,1-4H3. The molecule has 0 saturated heterocycles. The average Bonchev–Trinajstić information content (AvgIpc) is 2.78. The molecule has 1 atom stereocenters. The number of benzene rings is 1. The van der Waals surface area contributed by atoms with Crippen molar-refractivity contribution in [2.24, 2.45) is 0 Å². The van der Waals surface area contributed by atoms with Crippen LogP contribution in [0.4, 0.5) is 5.69 Å². The number of thiophene rings is 1. The normalized spacial score (nSPS) is 12.5. The first kappa shape index (κ1) is 15.2. The number of hydrogen-bond donors (Lipinski definition) is 1. The fourth-order valence-corrected chi connectivity index (χ4v) is 3.00. The Kier molecular flexibility index (Phi) is 4.95. The van der Waals surface area contributed by atoms with E-state index in [0.29, 0.717) is 0 Å². The van der Waals surface area contributed by atoms with Crippen molar-refractivity contribution in [1.82, 2.24) is 0 Å². The lowest BCUT2D eigenvalue weighted by atomic mass is 10.1. The van der Waals surface area contributed by atoms with Crippen molar-refractivity contribution in [3.63, 3.8) is 0 Å². The predicted molar refractivity (Wildman–Crippen MR) is 88.3 cm³/mol. The fraction of sp³-hybridized carbons (Fsp3) is 0.375. The monoisotopic (exact) mass is 309 g/mol. The Morgan fingerprint density at radius 1 is 1.20 bits per heavy atom. The van der Waals surface area contributed by atoms with Gasteiger partial charge in [-0.25, -0.2) is 0 Å². The second-order valence-electron chi connectivity index (χ2n) is 5.19. The van der Waals surface area contributed by atoms with E-state index in [2.05, 4.69) is 36.7 Å². The van der Waals surface area contributed by atoms with E-state index in [0.717, 1.165) is 15.8 Å². The smallest absolute Gasteiger partial charge is 0.120 e. The second kappa shape index (κ2) is 6.51. The van der Waals surface area contributed by atoms with Gasteiger partial charge >= 0.3 is 0 Å². The molecule has 0 amide bonds. The molecule has 2 aromatic rings. The maximum Gasteiger partial charge on any atom is 0.120 e. The van der Waals surface area contributed by atoms with E-state index in [-0.39, 0.29) is 12.1 Å². The van der Waals surface area contributed by atoms with E-state index in [1.54, 1.807) is 11.3 Å². The molecule has 0 aliphatic rings. The van der Waals surface area contributed by atoms with Crippen molar-refractivity contribution < 1.29 is 4.74 Å². The summed E-state index contributed by atoms with van der Waals surface area (Å²) in [5, 5.41) is 5.60. The number of rotatable bonds is 5. The topological polar surface area (TPSA) is 21.3 Å². The molecule has 0 bridgehead atoms. The Morgan fingerprint density at radius 2 is 1.95 bits per heavy atom. The molecule has 1 unspecified atom stereocenters. The molecule has 1 N–H and O–H groups in total. The van der Waals surface area contributed by atoms with Crippen LogP contribution in [0.15, 0.2) is 29.6 Å². The molecule has 1 aromatic carbocycles. The zero-order valence-corrected chi connectivity index (χ0v) is 13.8. The van der Waals surface area contributed by atoms with Crippen molar-refractivity contribution in [1.29, 1.82) is 0 Å². The highest BCUT2D eigenvalue weighted by molar-refractivity contribution is 7.14. The Balaban J connectivity index is 2.09. The van der Waals surface area contributed by atoms with Crippen LogP contribution in [0.3, 0.4) is 0 Å². The van der Waals surface area contributed by atoms with Crippen LogP contribution in [-0.2, 0) is 0 Å². The van der Waals surface area contributed by atoms with Gasteiger partial charge in [0.1, 0.15) is 5.75 Å². The molecule has 0 saturated carbocycles. The minimum atomic E-state index is 0.195. The Morgan fingerprint density at radius 3 is 2.50 bits per heavy atom. The van der Waals surface area contributed by atoms with Crippen molar-refractivity contribution >= 4 is 28.6 Å². The largest absolute Gasteiger partial charge is 0.491 e. The molecule has 20 heavy (non-hydrogen) atoms. The van der Waals surface area contributed by atoms with Gasteiger partial charge in [0.05, 0.1) is 10.4 Å². The minimum absolute atomic E-state index is 0.195. The number of halogens is 1.